The molecule has 44 heavy (non-hydrogen) atoms. The number of amides is 2. The summed E-state index contributed by atoms with van der Waals surface area (Å²) in [6, 6.07) is 3.74. The monoisotopic (exact) mass is 652 g/mol. The lowest BCUT2D eigenvalue weighted by molar-refractivity contribution is -0.142. The number of aliphatic hydroxyl groups is 1. The van der Waals surface area contributed by atoms with E-state index in [0.29, 0.717) is 29.5 Å². The van der Waals surface area contributed by atoms with Crippen molar-refractivity contribution in [3.8, 4) is 5.75 Å². The van der Waals surface area contributed by atoms with Crippen molar-refractivity contribution in [2.45, 2.75) is 88.6 Å². The minimum absolute atomic E-state index is 0.0323. The molecule has 7 unspecified atom stereocenters. The number of fused-ring (bicyclic) bond motifs is 5. The number of anilines is 1. The van der Waals surface area contributed by atoms with Gasteiger partial charge >= 0.3 is 6.09 Å². The first kappa shape index (κ1) is 34.6. The number of methoxy groups -OCH3 is 2. The van der Waals surface area contributed by atoms with Crippen LogP contribution >= 0.6 is 24.2 Å². The fraction of sp³-hybridized carbons (Fsp3) is 0.625. The zero-order chi connectivity index (χ0) is 32.2. The van der Waals surface area contributed by atoms with Crippen molar-refractivity contribution in [3.63, 3.8) is 0 Å². The predicted molar refractivity (Wildman–Crippen MR) is 172 cm³/mol. The number of benzene rings is 1. The standard InChI is InChI=1S/C32H45ClN2O8S/c1-19-10-9-11-25(40-6)32(38)18-24(42-30(37)34-32)20(2)29-31(3,43-29)26(41-12-7-8-13-44)17-27(36)35(4)22-15-21(14-19)16-23(39-5)28(22)33/h9-11,15-16,20,24-26,29,38,44H,7-8,12-14,17-18H2,1-6H3,(H,34,37). The van der Waals surface area contributed by atoms with Crippen molar-refractivity contribution in [2.75, 3.05) is 38.5 Å². The molecule has 7 atom stereocenters. The Bertz CT molecular complexity index is 1280. The Morgan fingerprint density at radius 3 is 2.68 bits per heavy atom. The number of unbranched alkanes of at least 4 members (excludes halogenated alkanes) is 1. The van der Waals surface area contributed by atoms with Crippen molar-refractivity contribution in [3.05, 3.63) is 46.5 Å². The van der Waals surface area contributed by atoms with Crippen molar-refractivity contribution in [1.29, 1.82) is 0 Å². The highest BCUT2D eigenvalue weighted by molar-refractivity contribution is 7.80. The first-order chi connectivity index (χ1) is 20.9. The van der Waals surface area contributed by atoms with Gasteiger partial charge in [-0.25, -0.2) is 4.79 Å². The maximum atomic E-state index is 13.8. The summed E-state index contributed by atoms with van der Waals surface area (Å²) in [5.41, 5.74) is -0.127. The van der Waals surface area contributed by atoms with Crippen molar-refractivity contribution < 1.29 is 38.4 Å². The Morgan fingerprint density at radius 2 is 2.00 bits per heavy atom. The van der Waals surface area contributed by atoms with E-state index in [1.807, 2.05) is 39.0 Å². The molecule has 0 radical (unpaired) electrons. The van der Waals surface area contributed by atoms with Crippen molar-refractivity contribution in [1.82, 2.24) is 5.32 Å². The van der Waals surface area contributed by atoms with Gasteiger partial charge in [0.2, 0.25) is 5.91 Å². The molecule has 0 saturated carbocycles. The molecule has 2 saturated heterocycles. The molecule has 0 aromatic heterocycles. The third-order valence-electron chi connectivity index (χ3n) is 8.82. The second-order valence-corrected chi connectivity index (χ2v) is 12.9. The second-order valence-electron chi connectivity index (χ2n) is 12.1. The quantitative estimate of drug-likeness (QED) is 0.217. The van der Waals surface area contributed by atoms with E-state index < -0.39 is 41.8 Å². The van der Waals surface area contributed by atoms with Crippen LogP contribution in [-0.4, -0.2) is 86.5 Å². The van der Waals surface area contributed by atoms with Crippen LogP contribution in [0.4, 0.5) is 10.5 Å². The van der Waals surface area contributed by atoms with Crippen LogP contribution in [-0.2, 0) is 30.2 Å². The third-order valence-corrected chi connectivity index (χ3v) is 9.52. The van der Waals surface area contributed by atoms with E-state index in [0.717, 1.165) is 29.7 Å². The van der Waals surface area contributed by atoms with Crippen LogP contribution in [0.2, 0.25) is 5.02 Å². The minimum atomic E-state index is -1.71. The lowest BCUT2D eigenvalue weighted by Crippen LogP contribution is -2.63. The summed E-state index contributed by atoms with van der Waals surface area (Å²) >= 11 is 11.0. The molecule has 3 aliphatic heterocycles. The van der Waals surface area contributed by atoms with Crippen molar-refractivity contribution >= 4 is 41.9 Å². The van der Waals surface area contributed by atoms with Gasteiger partial charge in [-0.1, -0.05) is 42.3 Å². The van der Waals surface area contributed by atoms with E-state index in [1.54, 1.807) is 26.3 Å². The predicted octanol–water partition coefficient (Wildman–Crippen LogP) is 4.85. The number of nitrogens with one attached hydrogen (secondary N) is 1. The van der Waals surface area contributed by atoms with E-state index in [4.69, 9.17) is 35.3 Å². The number of alkyl carbamates (subject to hydrolysis) is 1. The highest BCUT2D eigenvalue weighted by atomic mass is 35.5. The zero-order valence-corrected chi connectivity index (χ0v) is 28.0. The van der Waals surface area contributed by atoms with E-state index in [-0.39, 0.29) is 24.7 Å². The van der Waals surface area contributed by atoms with Gasteiger partial charge in [-0.2, -0.15) is 12.6 Å². The normalized spacial score (nSPS) is 32.8. The van der Waals surface area contributed by atoms with Gasteiger partial charge in [0, 0.05) is 33.1 Å². The molecule has 3 aliphatic rings. The van der Waals surface area contributed by atoms with Crippen LogP contribution in [0.5, 0.6) is 5.75 Å². The lowest BCUT2D eigenvalue weighted by Gasteiger charge is -2.42. The van der Waals surface area contributed by atoms with Gasteiger partial charge in [-0.05, 0) is 56.6 Å². The number of hydrogen-bond acceptors (Lipinski definition) is 9. The minimum Gasteiger partial charge on any atom is -0.495 e. The van der Waals surface area contributed by atoms with Crippen LogP contribution in [0, 0.1) is 5.92 Å². The fourth-order valence-electron chi connectivity index (χ4n) is 6.11. The smallest absolute Gasteiger partial charge is 0.409 e. The number of epoxide rings is 1. The van der Waals surface area contributed by atoms with E-state index in [2.05, 4.69) is 17.9 Å². The molecule has 10 nitrogen and oxygen atoms in total. The summed E-state index contributed by atoms with van der Waals surface area (Å²) in [4.78, 5) is 28.0. The Labute approximate surface area is 270 Å². The number of nitrogens with zero attached hydrogens (tertiary/aromatic N) is 1. The Balaban J connectivity index is 1.75. The van der Waals surface area contributed by atoms with Gasteiger partial charge in [0.25, 0.3) is 0 Å². The molecule has 4 rings (SSSR count). The zero-order valence-electron chi connectivity index (χ0n) is 26.3. The summed E-state index contributed by atoms with van der Waals surface area (Å²) in [6.07, 6.45) is 4.44. The Morgan fingerprint density at radius 1 is 1.25 bits per heavy atom. The highest BCUT2D eigenvalue weighted by Crippen LogP contribution is 2.49. The molecule has 0 aliphatic carbocycles. The van der Waals surface area contributed by atoms with Crippen molar-refractivity contribution in [2.24, 2.45) is 5.92 Å². The van der Waals surface area contributed by atoms with Gasteiger partial charge in [0.15, 0.2) is 5.72 Å². The van der Waals surface area contributed by atoms with Crippen LogP contribution in [0.1, 0.15) is 52.0 Å². The van der Waals surface area contributed by atoms with E-state index >= 15 is 0 Å². The number of thiol groups is 1. The topological polar surface area (TPSA) is 119 Å². The summed E-state index contributed by atoms with van der Waals surface area (Å²) in [6.45, 7) is 6.22. The number of carbonyl (C=O) groups is 2. The molecule has 2 amide bonds. The SMILES string of the molecule is COc1cc2cc(c1Cl)N(C)C(=O)CC(OCCCCS)C1(C)OC1C(C)C1CC(O)(NC(=O)O1)C(OC)C=CC=C(C)C2. The number of allylic oxidation sites excluding steroid dienone is 3. The highest BCUT2D eigenvalue weighted by Gasteiger charge is 2.63. The van der Waals surface area contributed by atoms with Gasteiger partial charge in [0.05, 0.1) is 31.4 Å². The fourth-order valence-corrected chi connectivity index (χ4v) is 6.65. The third kappa shape index (κ3) is 7.57. The molecule has 12 heteroatoms. The van der Waals surface area contributed by atoms with Crippen LogP contribution in [0.3, 0.4) is 0 Å². The van der Waals surface area contributed by atoms with Crippen LogP contribution < -0.4 is 15.0 Å². The molecular weight excluding hydrogens is 608 g/mol. The molecule has 1 aromatic carbocycles. The molecule has 2 N–H and O–H groups in total. The number of carbonyl (C=O) groups excluding carboxylic acids is 2. The number of halogens is 1. The molecule has 1 aromatic rings. The molecular formula is C32H45ClN2O8S. The van der Waals surface area contributed by atoms with Gasteiger partial charge in [0.1, 0.15) is 28.6 Å². The van der Waals surface area contributed by atoms with E-state index in [1.165, 1.54) is 12.0 Å². The lowest BCUT2D eigenvalue weighted by atomic mass is 9.83. The summed E-state index contributed by atoms with van der Waals surface area (Å²) in [5.74, 6) is 0.668. The molecule has 2 fully saturated rings. The number of hydrogen-bond donors (Lipinski definition) is 3. The summed E-state index contributed by atoms with van der Waals surface area (Å²) in [5, 5.41) is 14.5. The van der Waals surface area contributed by atoms with E-state index in [9.17, 15) is 14.7 Å². The molecule has 0 spiro atoms. The average Bonchev–Trinajstić information content (AvgIpc) is 3.67. The maximum Gasteiger partial charge on any atom is 0.409 e. The van der Waals surface area contributed by atoms with Gasteiger partial charge in [-0.15, -0.1) is 0 Å². The average molecular weight is 653 g/mol. The second kappa shape index (κ2) is 14.4. The Hall–Kier alpha value is -2.28. The van der Waals surface area contributed by atoms with Crippen LogP contribution in [0.25, 0.3) is 0 Å². The number of rotatable bonds is 7. The van der Waals surface area contributed by atoms with Crippen LogP contribution in [0.15, 0.2) is 35.9 Å². The maximum absolute atomic E-state index is 13.8. The summed E-state index contributed by atoms with van der Waals surface area (Å²) < 4.78 is 29.4. The summed E-state index contributed by atoms with van der Waals surface area (Å²) in [7, 11) is 4.71. The molecule has 4 bridgehead atoms. The first-order valence-electron chi connectivity index (χ1n) is 15.0. The molecule has 244 valence electrons. The van der Waals surface area contributed by atoms with Gasteiger partial charge in [-0.3, -0.25) is 10.1 Å². The molecule has 3 heterocycles. The van der Waals surface area contributed by atoms with Gasteiger partial charge < -0.3 is 33.7 Å². The number of ether oxygens (including phenoxy) is 5. The largest absolute Gasteiger partial charge is 0.495 e. The Kier molecular flexibility index (Phi) is 11.3. The first-order valence-corrected chi connectivity index (χ1v) is 16.0.